The third-order valence-electron chi connectivity index (χ3n) is 7.49. The van der Waals surface area contributed by atoms with Crippen molar-refractivity contribution >= 4 is 34.8 Å². The Balaban J connectivity index is 1.04. The van der Waals surface area contributed by atoms with E-state index >= 15 is 0 Å². The molecule has 1 atom stereocenters. The average molecular weight is 512 g/mol. The number of hydrogen-bond donors (Lipinski definition) is 3. The van der Waals surface area contributed by atoms with Gasteiger partial charge >= 0.3 is 0 Å². The largest absolute Gasteiger partial charge is 0.368 e. The molecule has 0 bridgehead atoms. The highest BCUT2D eigenvalue weighted by molar-refractivity contribution is 5.94. The van der Waals surface area contributed by atoms with Crippen LogP contribution in [0.25, 0.3) is 11.3 Å². The quantitative estimate of drug-likeness (QED) is 0.445. The lowest BCUT2D eigenvalue weighted by Gasteiger charge is -2.37. The molecule has 0 spiro atoms. The molecule has 3 N–H and O–H groups in total. The molecule has 3 fully saturated rings. The highest BCUT2D eigenvalue weighted by Gasteiger charge is 2.30. The van der Waals surface area contributed by atoms with Crippen molar-refractivity contribution < 1.29 is 9.59 Å². The molecule has 1 aromatic heterocycles. The van der Waals surface area contributed by atoms with Crippen molar-refractivity contribution in [1.82, 2.24) is 20.2 Å². The number of piperazine rings is 1. The van der Waals surface area contributed by atoms with Gasteiger partial charge in [-0.1, -0.05) is 12.1 Å². The Hall–Kier alpha value is -3.98. The summed E-state index contributed by atoms with van der Waals surface area (Å²) in [6.45, 7) is 4.12. The van der Waals surface area contributed by atoms with Crippen LogP contribution in [0.5, 0.6) is 0 Å². The van der Waals surface area contributed by atoms with E-state index < -0.39 is 0 Å². The van der Waals surface area contributed by atoms with Crippen LogP contribution in [0.1, 0.15) is 25.7 Å². The van der Waals surface area contributed by atoms with Crippen LogP contribution < -0.4 is 20.9 Å². The van der Waals surface area contributed by atoms with Crippen molar-refractivity contribution in [2.75, 3.05) is 48.3 Å². The Morgan fingerprint density at radius 2 is 1.61 bits per heavy atom. The topological polar surface area (TPSA) is 102 Å². The van der Waals surface area contributed by atoms with Gasteiger partial charge in [0, 0.05) is 60.9 Å². The standard InChI is InChI=1S/C29H33N7O2/c37-27(21-3-4-21)32-22-7-5-20(6-8-22)25-13-15-31-29(34-25)33-23-9-11-24(12-10-23)35-16-18-36(19-17-35)28(38)26-2-1-14-30-26/h5-13,15,21,26,30H,1-4,14,16-19H2,(H,32,37)(H,31,33,34). The summed E-state index contributed by atoms with van der Waals surface area (Å²) in [5.74, 6) is 1.06. The number of carbonyl (C=O) groups excluding carboxylic acids is 2. The number of carbonyl (C=O) groups is 2. The van der Waals surface area contributed by atoms with E-state index in [2.05, 4.69) is 43.0 Å². The SMILES string of the molecule is O=C(Nc1ccc(-c2ccnc(Nc3ccc(N4CCN(C(=O)C5CCCN5)CC4)cc3)n2)cc1)C1CC1. The predicted octanol–water partition coefficient (Wildman–Crippen LogP) is 3.64. The van der Waals surface area contributed by atoms with Crippen molar-refractivity contribution in [3.05, 3.63) is 60.8 Å². The van der Waals surface area contributed by atoms with E-state index in [1.807, 2.05) is 47.4 Å². The van der Waals surface area contributed by atoms with Gasteiger partial charge in [-0.3, -0.25) is 9.59 Å². The molecule has 9 nitrogen and oxygen atoms in total. The third kappa shape index (κ3) is 5.62. The van der Waals surface area contributed by atoms with Crippen LogP contribution in [0, 0.1) is 5.92 Å². The maximum atomic E-state index is 12.7. The molecule has 3 heterocycles. The minimum absolute atomic E-state index is 0.00613. The number of amides is 2. The molecule has 6 rings (SSSR count). The number of nitrogens with zero attached hydrogens (tertiary/aromatic N) is 4. The smallest absolute Gasteiger partial charge is 0.239 e. The second-order valence-corrected chi connectivity index (χ2v) is 10.2. The summed E-state index contributed by atoms with van der Waals surface area (Å²) in [5.41, 5.74) is 4.61. The molecule has 3 aliphatic rings. The number of benzene rings is 2. The van der Waals surface area contributed by atoms with Crippen molar-refractivity contribution in [1.29, 1.82) is 0 Å². The minimum atomic E-state index is 0.00613. The number of hydrogen-bond acceptors (Lipinski definition) is 7. The average Bonchev–Trinajstić information content (AvgIpc) is 3.68. The monoisotopic (exact) mass is 511 g/mol. The number of nitrogens with one attached hydrogen (secondary N) is 3. The molecule has 196 valence electrons. The number of anilines is 4. The lowest BCUT2D eigenvalue weighted by Crippen LogP contribution is -2.53. The molecule has 2 saturated heterocycles. The Kier molecular flexibility index (Phi) is 6.92. The van der Waals surface area contributed by atoms with Gasteiger partial charge in [0.05, 0.1) is 11.7 Å². The van der Waals surface area contributed by atoms with Gasteiger partial charge in [0.15, 0.2) is 0 Å². The molecule has 3 aromatic rings. The van der Waals surface area contributed by atoms with E-state index in [-0.39, 0.29) is 23.8 Å². The van der Waals surface area contributed by atoms with Gasteiger partial charge in [-0.15, -0.1) is 0 Å². The lowest BCUT2D eigenvalue weighted by atomic mass is 10.1. The third-order valence-corrected chi connectivity index (χ3v) is 7.49. The lowest BCUT2D eigenvalue weighted by molar-refractivity contribution is -0.133. The molecule has 1 unspecified atom stereocenters. The second-order valence-electron chi connectivity index (χ2n) is 10.2. The van der Waals surface area contributed by atoms with Crippen LogP contribution in [-0.2, 0) is 9.59 Å². The molecule has 0 radical (unpaired) electrons. The highest BCUT2D eigenvalue weighted by Crippen LogP contribution is 2.30. The minimum Gasteiger partial charge on any atom is -0.368 e. The fourth-order valence-corrected chi connectivity index (χ4v) is 5.08. The molecule has 9 heteroatoms. The molecule has 2 aromatic carbocycles. The van der Waals surface area contributed by atoms with Crippen molar-refractivity contribution in [3.63, 3.8) is 0 Å². The molecule has 1 aliphatic carbocycles. The van der Waals surface area contributed by atoms with E-state index in [9.17, 15) is 9.59 Å². The number of aromatic nitrogens is 2. The van der Waals surface area contributed by atoms with Crippen molar-refractivity contribution in [2.45, 2.75) is 31.7 Å². The van der Waals surface area contributed by atoms with Crippen LogP contribution in [0.2, 0.25) is 0 Å². The van der Waals surface area contributed by atoms with Crippen molar-refractivity contribution in [2.24, 2.45) is 5.92 Å². The Labute approximate surface area is 222 Å². The van der Waals surface area contributed by atoms with Gasteiger partial charge in [0.1, 0.15) is 0 Å². The van der Waals surface area contributed by atoms with Crippen LogP contribution in [0.4, 0.5) is 23.0 Å². The van der Waals surface area contributed by atoms with E-state index in [0.717, 1.165) is 86.7 Å². The molecule has 2 aliphatic heterocycles. The van der Waals surface area contributed by atoms with Gasteiger partial charge in [0.25, 0.3) is 0 Å². The summed E-state index contributed by atoms with van der Waals surface area (Å²) in [5, 5.41) is 9.58. The Morgan fingerprint density at radius 3 is 2.29 bits per heavy atom. The molecule has 38 heavy (non-hydrogen) atoms. The molecular weight excluding hydrogens is 478 g/mol. The molecule has 2 amide bonds. The van der Waals surface area contributed by atoms with Gasteiger partial charge in [-0.05, 0) is 74.7 Å². The fourth-order valence-electron chi connectivity index (χ4n) is 5.08. The summed E-state index contributed by atoms with van der Waals surface area (Å²) in [4.78, 5) is 38.0. The first-order valence-corrected chi connectivity index (χ1v) is 13.5. The van der Waals surface area contributed by atoms with Crippen LogP contribution in [0.3, 0.4) is 0 Å². The predicted molar refractivity (Wildman–Crippen MR) is 148 cm³/mol. The Morgan fingerprint density at radius 1 is 0.868 bits per heavy atom. The summed E-state index contributed by atoms with van der Waals surface area (Å²) in [6, 6.07) is 17.9. The zero-order valence-corrected chi connectivity index (χ0v) is 21.4. The molecular formula is C29H33N7O2. The van der Waals surface area contributed by atoms with E-state index in [1.165, 1.54) is 0 Å². The fraction of sp³-hybridized carbons (Fsp3) is 0.379. The maximum Gasteiger partial charge on any atom is 0.239 e. The van der Waals surface area contributed by atoms with E-state index in [4.69, 9.17) is 0 Å². The van der Waals surface area contributed by atoms with Crippen molar-refractivity contribution in [3.8, 4) is 11.3 Å². The summed E-state index contributed by atoms with van der Waals surface area (Å²) in [6.07, 6.45) is 5.75. The zero-order valence-electron chi connectivity index (χ0n) is 21.4. The maximum absolute atomic E-state index is 12.7. The van der Waals surface area contributed by atoms with Crippen LogP contribution in [0.15, 0.2) is 60.8 Å². The highest BCUT2D eigenvalue weighted by atomic mass is 16.2. The van der Waals surface area contributed by atoms with E-state index in [0.29, 0.717) is 5.95 Å². The first-order valence-electron chi connectivity index (χ1n) is 13.5. The van der Waals surface area contributed by atoms with E-state index in [1.54, 1.807) is 6.20 Å². The zero-order chi connectivity index (χ0) is 25.9. The first kappa shape index (κ1) is 24.4. The van der Waals surface area contributed by atoms with Gasteiger partial charge in [0.2, 0.25) is 17.8 Å². The summed E-state index contributed by atoms with van der Waals surface area (Å²) >= 11 is 0. The number of rotatable bonds is 7. The first-order chi connectivity index (χ1) is 18.6. The summed E-state index contributed by atoms with van der Waals surface area (Å²) < 4.78 is 0. The molecule has 1 saturated carbocycles. The van der Waals surface area contributed by atoms with Gasteiger partial charge < -0.3 is 25.8 Å². The van der Waals surface area contributed by atoms with Gasteiger partial charge in [-0.25, -0.2) is 9.97 Å². The van der Waals surface area contributed by atoms with Crippen LogP contribution >= 0.6 is 0 Å². The Bertz CT molecular complexity index is 1280. The van der Waals surface area contributed by atoms with Crippen LogP contribution in [-0.4, -0.2) is 65.4 Å². The normalized spacial score (nSPS) is 19.3. The van der Waals surface area contributed by atoms with Gasteiger partial charge in [-0.2, -0.15) is 0 Å². The second kappa shape index (κ2) is 10.8. The summed E-state index contributed by atoms with van der Waals surface area (Å²) in [7, 11) is 0.